The summed E-state index contributed by atoms with van der Waals surface area (Å²) in [5.74, 6) is -1.59. The molecule has 2 aromatic carbocycles. The molecule has 2 rings (SSSR count). The highest BCUT2D eigenvalue weighted by Gasteiger charge is 2.29. The normalized spacial score (nSPS) is 13.1. The first-order valence-corrected chi connectivity index (χ1v) is 6.80. The summed E-state index contributed by atoms with van der Waals surface area (Å²) < 4.78 is 4.79. The molecule has 0 bridgehead atoms. The molecule has 0 aliphatic carbocycles. The van der Waals surface area contributed by atoms with E-state index >= 15 is 0 Å². The number of carbonyl (C=O) groups is 2. The number of aliphatic carboxylic acids is 1. The summed E-state index contributed by atoms with van der Waals surface area (Å²) >= 11 is 0. The van der Waals surface area contributed by atoms with E-state index in [1.165, 1.54) is 7.11 Å². The van der Waals surface area contributed by atoms with Gasteiger partial charge in [0.2, 0.25) is 0 Å². The van der Waals surface area contributed by atoms with Crippen molar-refractivity contribution >= 4 is 11.9 Å². The van der Waals surface area contributed by atoms with Gasteiger partial charge in [0.25, 0.3) is 0 Å². The van der Waals surface area contributed by atoms with Crippen molar-refractivity contribution in [2.75, 3.05) is 7.11 Å². The molecule has 0 saturated carbocycles. The summed E-state index contributed by atoms with van der Waals surface area (Å²) in [6.07, 6.45) is 0. The first-order valence-electron chi connectivity index (χ1n) is 6.80. The lowest BCUT2D eigenvalue weighted by atomic mass is 10.0. The molecular weight excluding hydrogens is 282 g/mol. The number of methoxy groups -OCH3 is 1. The predicted octanol–water partition coefficient (Wildman–Crippen LogP) is 2.32. The number of ether oxygens (including phenoxy) is 1. The van der Waals surface area contributed by atoms with Crippen LogP contribution in [0.5, 0.6) is 0 Å². The average Bonchev–Trinajstić information content (AvgIpc) is 2.56. The lowest BCUT2D eigenvalue weighted by molar-refractivity contribution is -0.145. The van der Waals surface area contributed by atoms with Gasteiger partial charge in [0.15, 0.2) is 0 Å². The Balaban J connectivity index is 2.32. The van der Waals surface area contributed by atoms with Gasteiger partial charge in [-0.25, -0.2) is 4.79 Å². The van der Waals surface area contributed by atoms with Gasteiger partial charge < -0.3 is 9.84 Å². The number of carbonyl (C=O) groups excluding carboxylic acids is 1. The third-order valence-corrected chi connectivity index (χ3v) is 3.28. The van der Waals surface area contributed by atoms with Crippen molar-refractivity contribution < 1.29 is 19.4 Å². The predicted molar refractivity (Wildman–Crippen MR) is 81.2 cm³/mol. The van der Waals surface area contributed by atoms with Gasteiger partial charge in [-0.05, 0) is 11.1 Å². The monoisotopic (exact) mass is 299 g/mol. The van der Waals surface area contributed by atoms with Crippen LogP contribution >= 0.6 is 0 Å². The topological polar surface area (TPSA) is 75.6 Å². The number of nitrogens with one attached hydrogen (secondary N) is 1. The SMILES string of the molecule is COC(=O)C(NC(C(=O)O)c1ccccc1)c1ccccc1. The zero-order valence-electron chi connectivity index (χ0n) is 12.1. The molecule has 5 nitrogen and oxygen atoms in total. The van der Waals surface area contributed by atoms with E-state index in [9.17, 15) is 14.7 Å². The molecule has 0 amide bonds. The van der Waals surface area contributed by atoms with Gasteiger partial charge in [-0.2, -0.15) is 0 Å². The van der Waals surface area contributed by atoms with E-state index < -0.39 is 24.0 Å². The van der Waals surface area contributed by atoms with Crippen LogP contribution in [0.15, 0.2) is 60.7 Å². The molecule has 22 heavy (non-hydrogen) atoms. The van der Waals surface area contributed by atoms with Crippen LogP contribution < -0.4 is 5.32 Å². The van der Waals surface area contributed by atoms with Crippen LogP contribution in [-0.4, -0.2) is 24.2 Å². The largest absolute Gasteiger partial charge is 0.480 e. The molecule has 114 valence electrons. The van der Waals surface area contributed by atoms with Crippen LogP contribution in [0.3, 0.4) is 0 Å². The molecule has 0 heterocycles. The second-order valence-electron chi connectivity index (χ2n) is 4.72. The van der Waals surface area contributed by atoms with Crippen molar-refractivity contribution in [3.63, 3.8) is 0 Å². The highest BCUT2D eigenvalue weighted by atomic mass is 16.5. The number of carboxylic acids is 1. The maximum atomic E-state index is 12.0. The fourth-order valence-corrected chi connectivity index (χ4v) is 2.19. The van der Waals surface area contributed by atoms with Gasteiger partial charge in [-0.15, -0.1) is 0 Å². The average molecular weight is 299 g/mol. The fourth-order valence-electron chi connectivity index (χ4n) is 2.19. The molecule has 2 atom stereocenters. The van der Waals surface area contributed by atoms with Gasteiger partial charge in [-0.1, -0.05) is 60.7 Å². The summed E-state index contributed by atoms with van der Waals surface area (Å²) in [6.45, 7) is 0. The molecule has 0 spiro atoms. The van der Waals surface area contributed by atoms with Crippen LogP contribution in [0.1, 0.15) is 23.2 Å². The summed E-state index contributed by atoms with van der Waals surface area (Å²) in [5, 5.41) is 12.3. The number of hydrogen-bond donors (Lipinski definition) is 2. The van der Waals surface area contributed by atoms with E-state index in [2.05, 4.69) is 5.32 Å². The van der Waals surface area contributed by atoms with Crippen molar-refractivity contribution in [3.8, 4) is 0 Å². The Morgan fingerprint density at radius 3 is 1.77 bits per heavy atom. The minimum Gasteiger partial charge on any atom is -0.480 e. The van der Waals surface area contributed by atoms with Crippen LogP contribution in [-0.2, 0) is 14.3 Å². The third kappa shape index (κ3) is 3.71. The first-order chi connectivity index (χ1) is 10.6. The van der Waals surface area contributed by atoms with Crippen molar-refractivity contribution in [3.05, 3.63) is 71.8 Å². The Labute approximate surface area is 128 Å². The van der Waals surface area contributed by atoms with E-state index in [0.717, 1.165) is 0 Å². The second kappa shape index (κ2) is 7.38. The van der Waals surface area contributed by atoms with Gasteiger partial charge >= 0.3 is 11.9 Å². The van der Waals surface area contributed by atoms with Gasteiger partial charge in [0.05, 0.1) is 7.11 Å². The van der Waals surface area contributed by atoms with E-state index in [4.69, 9.17) is 4.74 Å². The fraction of sp³-hybridized carbons (Fsp3) is 0.176. The minimum atomic E-state index is -1.06. The van der Waals surface area contributed by atoms with E-state index in [1.807, 2.05) is 6.07 Å². The second-order valence-corrected chi connectivity index (χ2v) is 4.72. The standard InChI is InChI=1S/C17H17NO4/c1-22-17(21)15(13-10-6-3-7-11-13)18-14(16(19)20)12-8-4-2-5-9-12/h2-11,14-15,18H,1H3,(H,19,20). The summed E-state index contributed by atoms with van der Waals surface area (Å²) in [5.41, 5.74) is 1.22. The lowest BCUT2D eigenvalue weighted by Gasteiger charge is -2.22. The molecule has 5 heteroatoms. The molecule has 0 fully saturated rings. The van der Waals surface area contributed by atoms with Gasteiger partial charge in [-0.3, -0.25) is 10.1 Å². The minimum absolute atomic E-state index is 0.534. The van der Waals surface area contributed by atoms with E-state index in [0.29, 0.717) is 11.1 Å². The quantitative estimate of drug-likeness (QED) is 0.801. The smallest absolute Gasteiger partial charge is 0.327 e. The summed E-state index contributed by atoms with van der Waals surface area (Å²) in [7, 11) is 1.28. The van der Waals surface area contributed by atoms with Crippen LogP contribution in [0.25, 0.3) is 0 Å². The van der Waals surface area contributed by atoms with Crippen molar-refractivity contribution in [2.45, 2.75) is 12.1 Å². The van der Waals surface area contributed by atoms with Crippen molar-refractivity contribution in [2.24, 2.45) is 0 Å². The molecule has 0 aromatic heterocycles. The number of rotatable bonds is 6. The Bertz CT molecular complexity index is 628. The molecule has 0 aliphatic heterocycles. The highest BCUT2D eigenvalue weighted by Crippen LogP contribution is 2.21. The third-order valence-electron chi connectivity index (χ3n) is 3.28. The van der Waals surface area contributed by atoms with Crippen molar-refractivity contribution in [1.82, 2.24) is 5.32 Å². The molecule has 0 aliphatic rings. The van der Waals surface area contributed by atoms with Gasteiger partial charge in [0.1, 0.15) is 12.1 Å². The van der Waals surface area contributed by atoms with Crippen LogP contribution in [0, 0.1) is 0 Å². The van der Waals surface area contributed by atoms with Gasteiger partial charge in [0, 0.05) is 0 Å². The molecule has 0 radical (unpaired) electrons. The first kappa shape index (κ1) is 15.7. The van der Waals surface area contributed by atoms with E-state index in [-0.39, 0.29) is 0 Å². The van der Waals surface area contributed by atoms with Crippen LogP contribution in [0.4, 0.5) is 0 Å². The maximum Gasteiger partial charge on any atom is 0.327 e. The zero-order chi connectivity index (χ0) is 15.9. The Morgan fingerprint density at radius 2 is 1.36 bits per heavy atom. The molecule has 2 unspecified atom stereocenters. The number of hydrogen-bond acceptors (Lipinski definition) is 4. The Hall–Kier alpha value is -2.66. The molecule has 2 aromatic rings. The molecular formula is C17H17NO4. The molecule has 2 N–H and O–H groups in total. The van der Waals surface area contributed by atoms with Crippen molar-refractivity contribution in [1.29, 1.82) is 0 Å². The highest BCUT2D eigenvalue weighted by molar-refractivity contribution is 5.80. The maximum absolute atomic E-state index is 12.0. The Morgan fingerprint density at radius 1 is 0.909 bits per heavy atom. The lowest BCUT2D eigenvalue weighted by Crippen LogP contribution is -2.36. The Kier molecular flexibility index (Phi) is 5.27. The summed E-state index contributed by atoms with van der Waals surface area (Å²) in [4.78, 5) is 23.6. The number of carboxylic acid groups (broad SMARTS) is 1. The summed E-state index contributed by atoms with van der Waals surface area (Å²) in [6, 6.07) is 15.7. The van der Waals surface area contributed by atoms with E-state index in [1.54, 1.807) is 54.6 Å². The number of esters is 1. The zero-order valence-corrected chi connectivity index (χ0v) is 12.1. The van der Waals surface area contributed by atoms with Crippen LogP contribution in [0.2, 0.25) is 0 Å². The number of benzene rings is 2. The molecule has 0 saturated heterocycles.